The third kappa shape index (κ3) is 3.30. The standard InChI is InChI=1S/C18H33N3/c1-2-7-18-15(5-1)8-9-16(19-18)13-20-10-4-12-21-11-3-6-17(21)14-20/h15-19H,1-14H2. The van der Waals surface area contributed by atoms with Crippen molar-refractivity contribution in [1.29, 1.82) is 0 Å². The van der Waals surface area contributed by atoms with Crippen molar-refractivity contribution in [3.8, 4) is 0 Å². The first-order valence-electron chi connectivity index (χ1n) is 9.61. The Hall–Kier alpha value is -0.120. The topological polar surface area (TPSA) is 18.5 Å². The smallest absolute Gasteiger partial charge is 0.0223 e. The first-order chi connectivity index (χ1) is 10.4. The Labute approximate surface area is 130 Å². The molecule has 0 amide bonds. The summed E-state index contributed by atoms with van der Waals surface area (Å²) in [6.45, 7) is 6.70. The summed E-state index contributed by atoms with van der Waals surface area (Å²) in [5.41, 5.74) is 0. The first kappa shape index (κ1) is 14.5. The van der Waals surface area contributed by atoms with E-state index in [2.05, 4.69) is 15.1 Å². The average Bonchev–Trinajstić information content (AvgIpc) is 2.86. The third-order valence-electron chi connectivity index (χ3n) is 6.61. The molecule has 3 nitrogen and oxygen atoms in total. The normalized spacial score (nSPS) is 42.3. The van der Waals surface area contributed by atoms with Gasteiger partial charge in [-0.2, -0.15) is 0 Å². The van der Waals surface area contributed by atoms with Crippen LogP contribution in [0.25, 0.3) is 0 Å². The van der Waals surface area contributed by atoms with Crippen LogP contribution in [-0.4, -0.2) is 60.6 Å². The van der Waals surface area contributed by atoms with E-state index in [9.17, 15) is 0 Å². The zero-order valence-corrected chi connectivity index (χ0v) is 13.6. The molecular weight excluding hydrogens is 258 g/mol. The van der Waals surface area contributed by atoms with E-state index in [0.29, 0.717) is 0 Å². The SMILES string of the molecule is C1CCC2NC(CN3CCCN4CCCC4C3)CCC2C1. The maximum Gasteiger partial charge on any atom is 0.0223 e. The van der Waals surface area contributed by atoms with E-state index in [1.165, 1.54) is 90.5 Å². The number of nitrogens with zero attached hydrogens (tertiary/aromatic N) is 2. The van der Waals surface area contributed by atoms with Crippen molar-refractivity contribution in [2.75, 3.05) is 32.7 Å². The second-order valence-electron chi connectivity index (χ2n) is 8.04. The third-order valence-corrected chi connectivity index (χ3v) is 6.61. The quantitative estimate of drug-likeness (QED) is 0.843. The Morgan fingerprint density at radius 2 is 1.71 bits per heavy atom. The first-order valence-corrected chi connectivity index (χ1v) is 9.61. The molecule has 3 heteroatoms. The van der Waals surface area contributed by atoms with Crippen molar-refractivity contribution in [3.63, 3.8) is 0 Å². The molecule has 0 aromatic carbocycles. The van der Waals surface area contributed by atoms with E-state index in [-0.39, 0.29) is 0 Å². The van der Waals surface area contributed by atoms with Crippen LogP contribution in [0.1, 0.15) is 57.8 Å². The molecule has 0 radical (unpaired) electrons. The summed E-state index contributed by atoms with van der Waals surface area (Å²) in [6, 6.07) is 2.50. The van der Waals surface area contributed by atoms with Crippen LogP contribution in [0.5, 0.6) is 0 Å². The van der Waals surface area contributed by atoms with E-state index in [1.54, 1.807) is 0 Å². The molecule has 3 aliphatic heterocycles. The lowest BCUT2D eigenvalue weighted by Gasteiger charge is -2.42. The Kier molecular flexibility index (Phi) is 4.52. The van der Waals surface area contributed by atoms with Crippen molar-refractivity contribution in [3.05, 3.63) is 0 Å². The second kappa shape index (κ2) is 6.55. The van der Waals surface area contributed by atoms with Gasteiger partial charge in [0.2, 0.25) is 0 Å². The highest BCUT2D eigenvalue weighted by molar-refractivity contribution is 4.92. The molecule has 3 heterocycles. The lowest BCUT2D eigenvalue weighted by atomic mass is 9.77. The van der Waals surface area contributed by atoms with Gasteiger partial charge in [0.25, 0.3) is 0 Å². The van der Waals surface area contributed by atoms with Gasteiger partial charge in [0.1, 0.15) is 0 Å². The number of hydrogen-bond donors (Lipinski definition) is 1. The van der Waals surface area contributed by atoms with Crippen LogP contribution in [0.4, 0.5) is 0 Å². The van der Waals surface area contributed by atoms with Crippen LogP contribution in [-0.2, 0) is 0 Å². The van der Waals surface area contributed by atoms with Crippen molar-refractivity contribution in [1.82, 2.24) is 15.1 Å². The minimum absolute atomic E-state index is 0.775. The summed E-state index contributed by atoms with van der Waals surface area (Å²) < 4.78 is 0. The molecule has 0 bridgehead atoms. The van der Waals surface area contributed by atoms with Gasteiger partial charge in [-0.25, -0.2) is 0 Å². The van der Waals surface area contributed by atoms with Gasteiger partial charge < -0.3 is 10.2 Å². The van der Waals surface area contributed by atoms with Crippen LogP contribution in [0, 0.1) is 5.92 Å². The molecule has 4 unspecified atom stereocenters. The molecular formula is C18H33N3. The molecule has 3 saturated heterocycles. The van der Waals surface area contributed by atoms with Gasteiger partial charge >= 0.3 is 0 Å². The Balaban J connectivity index is 1.31. The summed E-state index contributed by atoms with van der Waals surface area (Å²) in [7, 11) is 0. The minimum atomic E-state index is 0.775. The van der Waals surface area contributed by atoms with E-state index in [1.807, 2.05) is 0 Å². The van der Waals surface area contributed by atoms with Gasteiger partial charge in [0.05, 0.1) is 0 Å². The molecule has 0 aromatic rings. The molecule has 120 valence electrons. The summed E-state index contributed by atoms with van der Waals surface area (Å²) in [4.78, 5) is 5.54. The Bertz CT molecular complexity index is 345. The fourth-order valence-corrected chi connectivity index (χ4v) is 5.48. The van der Waals surface area contributed by atoms with Gasteiger partial charge in [-0.15, -0.1) is 0 Å². The summed E-state index contributed by atoms with van der Waals surface area (Å²) >= 11 is 0. The summed E-state index contributed by atoms with van der Waals surface area (Å²) in [6.07, 6.45) is 13.1. The van der Waals surface area contributed by atoms with E-state index in [4.69, 9.17) is 0 Å². The molecule has 4 atom stereocenters. The Morgan fingerprint density at radius 3 is 2.71 bits per heavy atom. The lowest BCUT2D eigenvalue weighted by molar-refractivity contribution is 0.138. The largest absolute Gasteiger partial charge is 0.310 e. The molecule has 1 N–H and O–H groups in total. The zero-order valence-electron chi connectivity index (χ0n) is 13.6. The van der Waals surface area contributed by atoms with E-state index >= 15 is 0 Å². The highest BCUT2D eigenvalue weighted by atomic mass is 15.3. The van der Waals surface area contributed by atoms with Crippen LogP contribution < -0.4 is 5.32 Å². The van der Waals surface area contributed by atoms with Gasteiger partial charge in [0.15, 0.2) is 0 Å². The molecule has 0 spiro atoms. The summed E-state index contributed by atoms with van der Waals surface area (Å²) in [5, 5.41) is 4.03. The highest BCUT2D eigenvalue weighted by Gasteiger charge is 2.34. The van der Waals surface area contributed by atoms with E-state index in [0.717, 1.165) is 24.0 Å². The fraction of sp³-hybridized carbons (Fsp3) is 1.00. The number of rotatable bonds is 2. The number of hydrogen-bond acceptors (Lipinski definition) is 3. The van der Waals surface area contributed by atoms with Crippen molar-refractivity contribution >= 4 is 0 Å². The van der Waals surface area contributed by atoms with Gasteiger partial charge in [-0.3, -0.25) is 4.90 Å². The number of piperidine rings is 1. The molecule has 1 saturated carbocycles. The molecule has 21 heavy (non-hydrogen) atoms. The maximum atomic E-state index is 4.03. The lowest BCUT2D eigenvalue weighted by Crippen LogP contribution is -2.53. The van der Waals surface area contributed by atoms with Gasteiger partial charge in [0, 0.05) is 31.2 Å². The predicted molar refractivity (Wildman–Crippen MR) is 87.6 cm³/mol. The van der Waals surface area contributed by atoms with Crippen LogP contribution in [0.15, 0.2) is 0 Å². The molecule has 4 aliphatic rings. The second-order valence-corrected chi connectivity index (χ2v) is 8.04. The summed E-state index contributed by atoms with van der Waals surface area (Å²) in [5.74, 6) is 1.00. The number of fused-ring (bicyclic) bond motifs is 2. The highest BCUT2D eigenvalue weighted by Crippen LogP contribution is 2.32. The molecule has 4 rings (SSSR count). The molecule has 0 aromatic heterocycles. The number of nitrogens with one attached hydrogen (secondary N) is 1. The maximum absolute atomic E-state index is 4.03. The Morgan fingerprint density at radius 1 is 0.810 bits per heavy atom. The minimum Gasteiger partial charge on any atom is -0.310 e. The van der Waals surface area contributed by atoms with E-state index < -0.39 is 0 Å². The average molecular weight is 291 g/mol. The molecule has 1 aliphatic carbocycles. The van der Waals surface area contributed by atoms with Gasteiger partial charge in [-0.1, -0.05) is 12.8 Å². The van der Waals surface area contributed by atoms with Gasteiger partial charge in [-0.05, 0) is 70.5 Å². The van der Waals surface area contributed by atoms with Crippen LogP contribution in [0.3, 0.4) is 0 Å². The monoisotopic (exact) mass is 291 g/mol. The zero-order chi connectivity index (χ0) is 14.1. The fourth-order valence-electron chi connectivity index (χ4n) is 5.48. The van der Waals surface area contributed by atoms with Crippen LogP contribution in [0.2, 0.25) is 0 Å². The van der Waals surface area contributed by atoms with Crippen molar-refractivity contribution in [2.45, 2.75) is 75.9 Å². The van der Waals surface area contributed by atoms with Crippen LogP contribution >= 0.6 is 0 Å². The van der Waals surface area contributed by atoms with Crippen molar-refractivity contribution < 1.29 is 0 Å². The molecule has 4 fully saturated rings. The predicted octanol–water partition coefficient (Wildman–Crippen LogP) is 2.47. The van der Waals surface area contributed by atoms with Crippen molar-refractivity contribution in [2.24, 2.45) is 5.92 Å².